The van der Waals surface area contributed by atoms with E-state index in [4.69, 9.17) is 27.9 Å². The minimum Gasteiger partial charge on any atom is -0.441 e. The third-order valence-electron chi connectivity index (χ3n) is 6.75. The third-order valence-corrected chi connectivity index (χ3v) is 7.49. The number of ether oxygens (including phenoxy) is 1. The summed E-state index contributed by atoms with van der Waals surface area (Å²) in [6.07, 6.45) is 4.37. The van der Waals surface area contributed by atoms with Gasteiger partial charge in [-0.1, -0.05) is 29.3 Å². The average Bonchev–Trinajstić information content (AvgIpc) is 3.09. The van der Waals surface area contributed by atoms with Crippen LogP contribution in [0, 0.1) is 0 Å². The van der Waals surface area contributed by atoms with Crippen molar-refractivity contribution in [1.29, 1.82) is 0 Å². The Hall–Kier alpha value is -2.78. The fourth-order valence-corrected chi connectivity index (χ4v) is 4.85. The molecule has 0 aliphatic carbocycles. The molecular formula is C24H28Cl2N4O5. The van der Waals surface area contributed by atoms with Gasteiger partial charge in [-0.2, -0.15) is 0 Å². The molecule has 0 bridgehead atoms. The number of carbonyl (C=O) groups is 4. The molecule has 3 aliphatic heterocycles. The Morgan fingerprint density at radius 3 is 2.49 bits per heavy atom. The fraction of sp³-hybridized carbons (Fsp3) is 0.500. The van der Waals surface area contributed by atoms with Gasteiger partial charge in [0.1, 0.15) is 5.60 Å². The van der Waals surface area contributed by atoms with Gasteiger partial charge in [0.2, 0.25) is 17.7 Å². The van der Waals surface area contributed by atoms with Crippen molar-refractivity contribution in [3.63, 3.8) is 0 Å². The summed E-state index contributed by atoms with van der Waals surface area (Å²) in [6.45, 7) is 2.95. The van der Waals surface area contributed by atoms with Crippen LogP contribution in [0.4, 0.5) is 4.79 Å². The van der Waals surface area contributed by atoms with Gasteiger partial charge in [-0.25, -0.2) is 4.79 Å². The standard InChI is InChI=1S/C24H28Cl2N4O5/c25-18-3-1-17(15-19(18)26)2-4-20(31)28-9-5-21(32)29(14-13-28)10-6-22(33)30-11-7-24(8-12-30)16-27-23(34)35-24/h1-4,15H,5-14,16H2,(H,27,34). The van der Waals surface area contributed by atoms with Gasteiger partial charge in [0, 0.05) is 71.0 Å². The number of benzene rings is 1. The van der Waals surface area contributed by atoms with Crippen molar-refractivity contribution in [2.24, 2.45) is 0 Å². The van der Waals surface area contributed by atoms with Crippen molar-refractivity contribution < 1.29 is 23.9 Å². The molecule has 9 nitrogen and oxygen atoms in total. The number of likely N-dealkylation sites (tertiary alicyclic amines) is 1. The van der Waals surface area contributed by atoms with Crippen molar-refractivity contribution in [3.8, 4) is 0 Å². The lowest BCUT2D eigenvalue weighted by molar-refractivity contribution is -0.136. The molecule has 1 aromatic carbocycles. The first-order valence-electron chi connectivity index (χ1n) is 11.7. The van der Waals surface area contributed by atoms with E-state index in [-0.39, 0.29) is 30.6 Å². The van der Waals surface area contributed by atoms with E-state index in [1.54, 1.807) is 39.0 Å². The maximum Gasteiger partial charge on any atom is 0.407 e. The van der Waals surface area contributed by atoms with Crippen LogP contribution < -0.4 is 5.32 Å². The van der Waals surface area contributed by atoms with Crippen LogP contribution in [-0.2, 0) is 19.1 Å². The Morgan fingerprint density at radius 1 is 1.03 bits per heavy atom. The molecule has 1 aromatic rings. The molecule has 3 fully saturated rings. The zero-order valence-electron chi connectivity index (χ0n) is 19.3. The Morgan fingerprint density at radius 2 is 1.80 bits per heavy atom. The van der Waals surface area contributed by atoms with Crippen LogP contribution >= 0.6 is 23.2 Å². The Bertz CT molecular complexity index is 1040. The number of hydrogen-bond acceptors (Lipinski definition) is 5. The van der Waals surface area contributed by atoms with Crippen molar-refractivity contribution in [3.05, 3.63) is 39.9 Å². The first-order valence-corrected chi connectivity index (χ1v) is 12.4. The van der Waals surface area contributed by atoms with Crippen molar-refractivity contribution in [2.45, 2.75) is 31.3 Å². The Labute approximate surface area is 213 Å². The summed E-state index contributed by atoms with van der Waals surface area (Å²) < 4.78 is 5.39. The first kappa shape index (κ1) is 25.3. The van der Waals surface area contributed by atoms with Gasteiger partial charge < -0.3 is 24.8 Å². The zero-order chi connectivity index (χ0) is 25.0. The van der Waals surface area contributed by atoms with Crippen molar-refractivity contribution in [1.82, 2.24) is 20.0 Å². The molecule has 35 heavy (non-hydrogen) atoms. The van der Waals surface area contributed by atoms with Gasteiger partial charge in [-0.3, -0.25) is 14.4 Å². The van der Waals surface area contributed by atoms with E-state index < -0.39 is 11.7 Å². The second-order valence-electron chi connectivity index (χ2n) is 9.02. The molecule has 1 spiro atoms. The molecule has 11 heteroatoms. The predicted octanol–water partition coefficient (Wildman–Crippen LogP) is 2.56. The normalized spacial score (nSPS) is 20.2. The summed E-state index contributed by atoms with van der Waals surface area (Å²) in [7, 11) is 0. The Kier molecular flexibility index (Phi) is 7.86. The lowest BCUT2D eigenvalue weighted by Crippen LogP contribution is -2.49. The maximum absolute atomic E-state index is 12.7. The van der Waals surface area contributed by atoms with Gasteiger partial charge in [0.05, 0.1) is 16.6 Å². The summed E-state index contributed by atoms with van der Waals surface area (Å²) in [5, 5.41) is 3.54. The van der Waals surface area contributed by atoms with E-state index in [0.29, 0.717) is 68.7 Å². The van der Waals surface area contributed by atoms with Crippen LogP contribution in [-0.4, -0.2) is 89.9 Å². The van der Waals surface area contributed by atoms with Crippen molar-refractivity contribution in [2.75, 3.05) is 45.8 Å². The molecule has 188 valence electrons. The molecule has 0 radical (unpaired) electrons. The van der Waals surface area contributed by atoms with Gasteiger partial charge >= 0.3 is 6.09 Å². The van der Waals surface area contributed by atoms with Crippen LogP contribution in [0.5, 0.6) is 0 Å². The fourth-order valence-electron chi connectivity index (χ4n) is 4.55. The van der Waals surface area contributed by atoms with Gasteiger partial charge in [-0.05, 0) is 23.8 Å². The maximum atomic E-state index is 12.7. The predicted molar refractivity (Wildman–Crippen MR) is 131 cm³/mol. The van der Waals surface area contributed by atoms with E-state index in [2.05, 4.69) is 5.32 Å². The topological polar surface area (TPSA) is 99.3 Å². The average molecular weight is 523 g/mol. The largest absolute Gasteiger partial charge is 0.441 e. The summed E-state index contributed by atoms with van der Waals surface area (Å²) >= 11 is 11.9. The number of halogens is 2. The number of piperidine rings is 1. The Balaban J connectivity index is 1.23. The van der Waals surface area contributed by atoms with E-state index in [9.17, 15) is 19.2 Å². The van der Waals surface area contributed by atoms with Gasteiger partial charge in [0.15, 0.2) is 0 Å². The number of nitrogens with one attached hydrogen (secondary N) is 1. The zero-order valence-corrected chi connectivity index (χ0v) is 20.8. The van der Waals surface area contributed by atoms with Crippen LogP contribution in [0.25, 0.3) is 6.08 Å². The highest BCUT2D eigenvalue weighted by atomic mass is 35.5. The van der Waals surface area contributed by atoms with Gasteiger partial charge in [-0.15, -0.1) is 0 Å². The smallest absolute Gasteiger partial charge is 0.407 e. The summed E-state index contributed by atoms with van der Waals surface area (Å²) in [5.74, 6) is -0.277. The SMILES string of the molecule is O=C1NCC2(CCN(C(=O)CCN3CCN(C(=O)C=Cc4ccc(Cl)c(Cl)c4)CCC3=O)CC2)O1. The van der Waals surface area contributed by atoms with E-state index in [0.717, 1.165) is 5.56 Å². The van der Waals surface area contributed by atoms with Crippen LogP contribution in [0.2, 0.25) is 10.0 Å². The molecule has 3 aliphatic rings. The molecule has 4 rings (SSSR count). The highest BCUT2D eigenvalue weighted by Gasteiger charge is 2.43. The molecule has 3 saturated heterocycles. The molecule has 0 atom stereocenters. The second kappa shape index (κ2) is 10.9. The minimum atomic E-state index is -0.501. The van der Waals surface area contributed by atoms with Crippen LogP contribution in [0.15, 0.2) is 24.3 Å². The summed E-state index contributed by atoms with van der Waals surface area (Å²) in [4.78, 5) is 54.4. The molecule has 0 unspecified atom stereocenters. The highest BCUT2D eigenvalue weighted by molar-refractivity contribution is 6.42. The molecule has 3 heterocycles. The minimum absolute atomic E-state index is 0.0216. The van der Waals surface area contributed by atoms with E-state index in [1.807, 2.05) is 0 Å². The number of nitrogens with zero attached hydrogens (tertiary/aromatic N) is 3. The number of hydrogen-bond donors (Lipinski definition) is 1. The second-order valence-corrected chi connectivity index (χ2v) is 9.83. The summed E-state index contributed by atoms with van der Waals surface area (Å²) in [5.41, 5.74) is 0.253. The number of rotatable bonds is 5. The molecule has 0 aromatic heterocycles. The molecule has 0 saturated carbocycles. The highest BCUT2D eigenvalue weighted by Crippen LogP contribution is 2.29. The lowest BCUT2D eigenvalue weighted by Gasteiger charge is -2.37. The first-order chi connectivity index (χ1) is 16.7. The lowest BCUT2D eigenvalue weighted by atomic mass is 9.91. The van der Waals surface area contributed by atoms with Crippen LogP contribution in [0.3, 0.4) is 0 Å². The summed E-state index contributed by atoms with van der Waals surface area (Å²) in [6, 6.07) is 5.11. The van der Waals surface area contributed by atoms with E-state index >= 15 is 0 Å². The molecule has 4 amide bonds. The van der Waals surface area contributed by atoms with Crippen LogP contribution in [0.1, 0.15) is 31.2 Å². The third kappa shape index (κ3) is 6.27. The monoisotopic (exact) mass is 522 g/mol. The molecule has 1 N–H and O–H groups in total. The van der Waals surface area contributed by atoms with Crippen molar-refractivity contribution >= 4 is 53.1 Å². The number of carbonyl (C=O) groups excluding carboxylic acids is 4. The van der Waals surface area contributed by atoms with E-state index in [1.165, 1.54) is 6.08 Å². The van der Waals surface area contributed by atoms with Gasteiger partial charge in [0.25, 0.3) is 0 Å². The number of amides is 4. The quantitative estimate of drug-likeness (QED) is 0.599. The number of alkyl carbamates (subject to hydrolysis) is 1. The molecular weight excluding hydrogens is 495 g/mol.